The monoisotopic (exact) mass is 248 g/mol. The molecule has 94 valence electrons. The van der Waals surface area contributed by atoms with Gasteiger partial charge in [0.05, 0.1) is 6.54 Å². The second-order valence-corrected chi connectivity index (χ2v) is 4.64. The molecule has 2 heterocycles. The Hall–Kier alpha value is -0.320. The number of carboxylic acid groups (broad SMARTS) is 1. The zero-order chi connectivity index (χ0) is 10.7. The summed E-state index contributed by atoms with van der Waals surface area (Å²) in [7, 11) is 0. The van der Waals surface area contributed by atoms with Gasteiger partial charge in [-0.1, -0.05) is 0 Å². The van der Waals surface area contributed by atoms with Gasteiger partial charge in [-0.2, -0.15) is 0 Å². The van der Waals surface area contributed by atoms with Crippen molar-refractivity contribution >= 4 is 18.4 Å². The summed E-state index contributed by atoms with van der Waals surface area (Å²) in [5.74, 6) is -0.699. The Labute approximate surface area is 103 Å². The quantitative estimate of drug-likeness (QED) is 0.811. The number of carboxylic acids is 1. The Balaban J connectivity index is 0.00000128. The molecule has 0 aliphatic carbocycles. The van der Waals surface area contributed by atoms with Crippen molar-refractivity contribution < 1.29 is 9.90 Å². The van der Waals surface area contributed by atoms with E-state index in [9.17, 15) is 4.79 Å². The van der Waals surface area contributed by atoms with Gasteiger partial charge in [0.15, 0.2) is 0 Å². The summed E-state index contributed by atoms with van der Waals surface area (Å²) in [5, 5.41) is 8.69. The fourth-order valence-electron chi connectivity index (χ4n) is 2.74. The van der Waals surface area contributed by atoms with E-state index >= 15 is 0 Å². The predicted molar refractivity (Wildman–Crippen MR) is 65.2 cm³/mol. The molecule has 0 spiro atoms. The number of rotatable bonds is 3. The maximum absolute atomic E-state index is 10.6. The lowest BCUT2D eigenvalue weighted by molar-refractivity contribution is -0.138. The van der Waals surface area contributed by atoms with E-state index in [-0.39, 0.29) is 19.0 Å². The highest BCUT2D eigenvalue weighted by Crippen LogP contribution is 2.20. The Morgan fingerprint density at radius 2 is 1.69 bits per heavy atom. The molecular weight excluding hydrogens is 228 g/mol. The predicted octanol–water partition coefficient (Wildman–Crippen LogP) is 1.05. The molecular formula is C11H21ClN2O2. The van der Waals surface area contributed by atoms with Gasteiger partial charge in [0.25, 0.3) is 0 Å². The molecule has 2 saturated heterocycles. The molecule has 4 nitrogen and oxygen atoms in total. The van der Waals surface area contributed by atoms with Crippen LogP contribution in [0.5, 0.6) is 0 Å². The highest BCUT2D eigenvalue weighted by atomic mass is 35.5. The zero-order valence-electron chi connectivity index (χ0n) is 9.60. The van der Waals surface area contributed by atoms with Gasteiger partial charge in [0.2, 0.25) is 0 Å². The van der Waals surface area contributed by atoms with Crippen molar-refractivity contribution in [1.29, 1.82) is 0 Å². The highest BCUT2D eigenvalue weighted by Gasteiger charge is 2.26. The Bertz CT molecular complexity index is 224. The SMILES string of the molecule is Cl.O=C(O)CN1CCC(N2CCCC2)CC1. The third-order valence-electron chi connectivity index (χ3n) is 3.57. The van der Waals surface area contributed by atoms with Gasteiger partial charge in [-0.25, -0.2) is 0 Å². The summed E-state index contributed by atoms with van der Waals surface area (Å²) in [6.45, 7) is 4.63. The minimum absolute atomic E-state index is 0. The molecule has 0 aromatic carbocycles. The number of halogens is 1. The summed E-state index contributed by atoms with van der Waals surface area (Å²) < 4.78 is 0. The molecule has 2 aliphatic heterocycles. The van der Waals surface area contributed by atoms with E-state index in [4.69, 9.17) is 5.11 Å². The fourth-order valence-corrected chi connectivity index (χ4v) is 2.74. The van der Waals surface area contributed by atoms with Gasteiger partial charge in [0.1, 0.15) is 0 Å². The van der Waals surface area contributed by atoms with Crippen LogP contribution in [-0.2, 0) is 4.79 Å². The molecule has 0 unspecified atom stereocenters. The summed E-state index contributed by atoms with van der Waals surface area (Å²) in [6.07, 6.45) is 4.98. The largest absolute Gasteiger partial charge is 0.480 e. The van der Waals surface area contributed by atoms with Gasteiger partial charge in [-0.15, -0.1) is 12.4 Å². The first-order chi connectivity index (χ1) is 7.25. The van der Waals surface area contributed by atoms with Crippen LogP contribution in [0.4, 0.5) is 0 Å². The molecule has 0 saturated carbocycles. The van der Waals surface area contributed by atoms with Crippen LogP contribution in [0.15, 0.2) is 0 Å². The number of aliphatic carboxylic acids is 1. The first-order valence-corrected chi connectivity index (χ1v) is 5.94. The van der Waals surface area contributed by atoms with Crippen molar-refractivity contribution in [3.8, 4) is 0 Å². The van der Waals surface area contributed by atoms with Gasteiger partial charge in [-0.3, -0.25) is 9.69 Å². The summed E-state index contributed by atoms with van der Waals surface area (Å²) >= 11 is 0. The van der Waals surface area contributed by atoms with E-state index in [0.717, 1.165) is 32.0 Å². The maximum atomic E-state index is 10.6. The Morgan fingerprint density at radius 3 is 2.19 bits per heavy atom. The smallest absolute Gasteiger partial charge is 0.317 e. The lowest BCUT2D eigenvalue weighted by Gasteiger charge is -2.35. The van der Waals surface area contributed by atoms with Crippen molar-refractivity contribution in [3.05, 3.63) is 0 Å². The minimum Gasteiger partial charge on any atom is -0.480 e. The van der Waals surface area contributed by atoms with Crippen molar-refractivity contribution in [2.75, 3.05) is 32.7 Å². The van der Waals surface area contributed by atoms with Crippen LogP contribution in [-0.4, -0.2) is 59.6 Å². The van der Waals surface area contributed by atoms with Gasteiger partial charge < -0.3 is 10.0 Å². The molecule has 2 aliphatic rings. The fraction of sp³-hybridized carbons (Fsp3) is 0.909. The third-order valence-corrected chi connectivity index (χ3v) is 3.57. The number of likely N-dealkylation sites (tertiary alicyclic amines) is 2. The summed E-state index contributed by atoms with van der Waals surface area (Å²) in [5.41, 5.74) is 0. The van der Waals surface area contributed by atoms with Crippen LogP contribution in [0.2, 0.25) is 0 Å². The van der Waals surface area contributed by atoms with Crippen molar-refractivity contribution in [2.45, 2.75) is 31.7 Å². The molecule has 5 heteroatoms. The summed E-state index contributed by atoms with van der Waals surface area (Å²) in [4.78, 5) is 15.2. The van der Waals surface area contributed by atoms with Crippen LogP contribution in [0, 0.1) is 0 Å². The van der Waals surface area contributed by atoms with E-state index in [1.165, 1.54) is 25.9 Å². The molecule has 0 radical (unpaired) electrons. The van der Waals surface area contributed by atoms with Gasteiger partial charge in [0, 0.05) is 19.1 Å². The van der Waals surface area contributed by atoms with Crippen molar-refractivity contribution in [3.63, 3.8) is 0 Å². The molecule has 16 heavy (non-hydrogen) atoms. The molecule has 0 atom stereocenters. The molecule has 0 amide bonds. The van der Waals surface area contributed by atoms with Crippen LogP contribution >= 0.6 is 12.4 Å². The van der Waals surface area contributed by atoms with Crippen LogP contribution in [0.1, 0.15) is 25.7 Å². The minimum atomic E-state index is -0.699. The second kappa shape index (κ2) is 6.42. The van der Waals surface area contributed by atoms with Gasteiger partial charge >= 0.3 is 5.97 Å². The normalized spacial score (nSPS) is 24.2. The molecule has 0 bridgehead atoms. The standard InChI is InChI=1S/C11H20N2O2.ClH/c14-11(15)9-12-7-3-10(4-8-12)13-5-1-2-6-13;/h10H,1-9H2,(H,14,15);1H. The number of nitrogens with zero attached hydrogens (tertiary/aromatic N) is 2. The average molecular weight is 249 g/mol. The van der Waals surface area contributed by atoms with E-state index in [1.54, 1.807) is 0 Å². The summed E-state index contributed by atoms with van der Waals surface area (Å²) in [6, 6.07) is 0.720. The first kappa shape index (κ1) is 13.7. The lowest BCUT2D eigenvalue weighted by Crippen LogP contribution is -2.45. The Kier molecular flexibility index (Phi) is 5.52. The number of piperidine rings is 1. The molecule has 2 fully saturated rings. The zero-order valence-corrected chi connectivity index (χ0v) is 10.4. The van der Waals surface area contributed by atoms with E-state index in [0.29, 0.717) is 0 Å². The highest BCUT2D eigenvalue weighted by molar-refractivity contribution is 5.85. The lowest BCUT2D eigenvalue weighted by atomic mass is 10.0. The first-order valence-electron chi connectivity index (χ1n) is 5.94. The Morgan fingerprint density at radius 1 is 1.12 bits per heavy atom. The van der Waals surface area contributed by atoms with Crippen LogP contribution in [0.25, 0.3) is 0 Å². The second-order valence-electron chi connectivity index (χ2n) is 4.64. The molecule has 0 aromatic rings. The van der Waals surface area contributed by atoms with E-state index in [1.807, 2.05) is 0 Å². The molecule has 1 N–H and O–H groups in total. The third kappa shape index (κ3) is 3.61. The van der Waals surface area contributed by atoms with Gasteiger partial charge in [-0.05, 0) is 38.8 Å². The van der Waals surface area contributed by atoms with E-state index in [2.05, 4.69) is 9.80 Å². The van der Waals surface area contributed by atoms with Crippen LogP contribution < -0.4 is 0 Å². The average Bonchev–Trinajstić information content (AvgIpc) is 2.71. The molecule has 2 rings (SSSR count). The number of carbonyl (C=O) groups is 1. The molecule has 0 aromatic heterocycles. The van der Waals surface area contributed by atoms with Crippen molar-refractivity contribution in [2.24, 2.45) is 0 Å². The van der Waals surface area contributed by atoms with Crippen LogP contribution in [0.3, 0.4) is 0 Å². The maximum Gasteiger partial charge on any atom is 0.317 e. The topological polar surface area (TPSA) is 43.8 Å². The van der Waals surface area contributed by atoms with E-state index < -0.39 is 5.97 Å². The number of hydrogen-bond acceptors (Lipinski definition) is 3. The number of hydrogen-bond donors (Lipinski definition) is 1. The van der Waals surface area contributed by atoms with Crippen molar-refractivity contribution in [1.82, 2.24) is 9.80 Å².